The van der Waals surface area contributed by atoms with Crippen molar-refractivity contribution in [1.29, 1.82) is 0 Å². The second kappa shape index (κ2) is 69.9. The van der Waals surface area contributed by atoms with E-state index in [9.17, 15) is 13.2 Å². The summed E-state index contributed by atoms with van der Waals surface area (Å²) in [7, 11) is -4.55. The van der Waals surface area contributed by atoms with E-state index in [0.29, 0.717) is 0 Å². The third-order valence-electron chi connectivity index (χ3n) is 17.0. The van der Waals surface area contributed by atoms with E-state index >= 15 is 0 Å². The van der Waals surface area contributed by atoms with Gasteiger partial charge in [-0.15, -0.1) is 287 Å². The van der Waals surface area contributed by atoms with E-state index in [2.05, 4.69) is 231 Å². The molecule has 0 aliphatic heterocycles. The van der Waals surface area contributed by atoms with Gasteiger partial charge in [0.05, 0.1) is 0 Å². The number of hydrogen-bond acceptors (Lipinski definition) is 6. The van der Waals surface area contributed by atoms with Crippen LogP contribution in [-0.2, 0) is 76.1 Å². The van der Waals surface area contributed by atoms with Crippen molar-refractivity contribution in [2.45, 2.75) is 60.9 Å². The van der Waals surface area contributed by atoms with Crippen LogP contribution in [0.25, 0.3) is 90.1 Å². The topological polar surface area (TPSA) is 106 Å². The summed E-state index contributed by atoms with van der Waals surface area (Å²) in [6, 6.07) is 176. The molecule has 4 aromatic heterocycles. The van der Waals surface area contributed by atoms with Crippen molar-refractivity contribution in [3.8, 4) is 90.1 Å². The molecule has 0 amide bonds. The predicted octanol–water partition coefficient (Wildman–Crippen LogP) is 25.4. The minimum atomic E-state index is -5.84. The number of halogens is 3. The minimum Gasteiger partial charge on any atom is -0.345 e. The maximum Gasteiger partial charge on any atom is 0.154 e. The molecule has 0 atom stereocenters. The second-order valence-corrected chi connectivity index (χ2v) is 32.7. The van der Waals surface area contributed by atoms with E-state index in [1.807, 2.05) is 390 Å². The Morgan fingerprint density at radius 3 is 0.541 bits per heavy atom. The number of rotatable bonds is 13. The Morgan fingerprint density at radius 1 is 0.259 bits per heavy atom. The number of alkyl halides is 3. The third-order valence-corrected chi connectivity index (χ3v) is 20.9. The monoisotopic (exact) mass is 2050 g/mol. The zero-order chi connectivity index (χ0) is 93.6. The van der Waals surface area contributed by atoms with Crippen LogP contribution in [0.5, 0.6) is 0 Å². The van der Waals surface area contributed by atoms with Gasteiger partial charge in [0.1, 0.15) is 0 Å². The van der Waals surface area contributed by atoms with Gasteiger partial charge in [-0.2, -0.15) is 77.0 Å². The molecule has 693 valence electrons. The van der Waals surface area contributed by atoms with Crippen LogP contribution in [-0.4, -0.2) is 70.5 Å². The van der Waals surface area contributed by atoms with Crippen molar-refractivity contribution in [2.75, 3.05) is 0 Å². The first-order valence-electron chi connectivity index (χ1n) is 42.3. The van der Waals surface area contributed by atoms with Crippen LogP contribution < -0.4 is 30.9 Å². The van der Waals surface area contributed by atoms with E-state index < -0.39 is 24.4 Å². The van der Waals surface area contributed by atoms with Crippen LogP contribution in [0, 0.1) is 74.2 Å². The molecule has 18 rings (SSSR count). The van der Waals surface area contributed by atoms with Gasteiger partial charge in [-0.05, 0) is 45.6 Å². The summed E-state index contributed by atoms with van der Waals surface area (Å²) < 4.78 is 58.7. The molecular formula is C117H103BF3N4Ni4O3SSeSi-4. The van der Waals surface area contributed by atoms with E-state index in [4.69, 9.17) is 13.0 Å². The van der Waals surface area contributed by atoms with Gasteiger partial charge < -0.3 is 45.6 Å². The largest absolute Gasteiger partial charge is 0.345 e. The summed E-state index contributed by atoms with van der Waals surface area (Å²) in [6.07, 6.45) is 8.00. The maximum absolute atomic E-state index is 10.7. The summed E-state index contributed by atoms with van der Waals surface area (Å²) in [5.41, 5.74) is 12.5. The standard InChI is InChI=1S/C18H15Si.4C17H11N.C12H10B.C6H5Se.4C3H7.CHF3O3S.4Ni/c1-4-10-16(11-5-1)19(17-12-6-2-7-13-17)18-14-8-3-9-15-18;4*1-3-8-14(9-4-1)16-12-7-13-17(18-16)15-10-5-2-6-11-15;1-3-7-11(8-4-1)13-12-9-5-2-6-10-12;7-6-4-2-1-3-5-6;4*1-3-2;2-1(3,4)8(5,6)7;;;;/h1-15H;4*1-8,10,12-13H;1-10H;1-5H;4*3H,1-2H3;(H,5,6,7);;;;/q;4*-2;;;4*-1;;4*+2. The molecule has 135 heavy (non-hydrogen) atoms. The Hall–Kier alpha value is -11.8. The van der Waals surface area contributed by atoms with Gasteiger partial charge in [-0.25, -0.2) is 0 Å². The number of aromatic nitrogens is 4. The third kappa shape index (κ3) is 45.4. The number of pyridine rings is 4. The number of nitrogens with zero attached hydrogens (tertiary/aromatic N) is 4. The molecule has 0 unspecified atom stereocenters. The maximum atomic E-state index is 10.7. The first kappa shape index (κ1) is 117. The molecule has 0 aliphatic rings. The van der Waals surface area contributed by atoms with Crippen molar-refractivity contribution >= 4 is 73.2 Å². The van der Waals surface area contributed by atoms with Crippen molar-refractivity contribution < 1.29 is 92.1 Å². The average molecular weight is 2050 g/mol. The van der Waals surface area contributed by atoms with Crippen LogP contribution in [0.2, 0.25) is 0 Å². The van der Waals surface area contributed by atoms with E-state index in [1.54, 1.807) is 0 Å². The predicted molar refractivity (Wildman–Crippen MR) is 545 cm³/mol. The zero-order valence-electron chi connectivity index (χ0n) is 75.9. The Balaban J connectivity index is 0.000000394. The normalized spacial score (nSPS) is 9.67. The molecule has 1 N–H and O–H groups in total. The SMILES string of the molecule is C[CH-]C.C[CH-]C.C[CH-]C.C[CH-]C.O=S(=O)(O)C(F)(F)F.[B](c1ccccc1)c1ccccc1.[Ni+2].[Ni+2].[Ni+2].[Ni+2].[Se]c1ccccc1.[c-]1ccccc1-c1cccc(-c2[c-]cccc2)n1.[c-]1ccccc1-c1cccc(-c2[c-]cccc2)n1.[c-]1ccccc1-c1cccc(-c2[c-]cccc2)n1.[c-]1ccccc1-c1cccc(-c2[c-]cccc2)n1.c1ccc([Si](c2ccccc2)c2ccccc2)cc1. The summed E-state index contributed by atoms with van der Waals surface area (Å²) in [4.78, 5) is 18.6. The van der Waals surface area contributed by atoms with Gasteiger partial charge in [0.25, 0.3) is 0 Å². The van der Waals surface area contributed by atoms with E-state index in [-0.39, 0.29) is 66.0 Å². The molecule has 3 radical (unpaired) electrons. The molecular weight excluding hydrogens is 1950 g/mol. The zero-order valence-corrected chi connectivity index (χ0v) is 83.4. The molecule has 18 aromatic rings. The molecule has 14 aromatic carbocycles. The molecule has 0 bridgehead atoms. The molecule has 0 spiro atoms. The van der Waals surface area contributed by atoms with Gasteiger partial charge in [0, 0.05) is 0 Å². The fraction of sp³-hybridized carbons (Fsp3) is 0.0769. The fourth-order valence-electron chi connectivity index (χ4n) is 11.4. The van der Waals surface area contributed by atoms with Crippen LogP contribution in [0.3, 0.4) is 0 Å². The Kier molecular flexibility index (Phi) is 60.8. The Bertz CT molecular complexity index is 5280. The van der Waals surface area contributed by atoms with Crippen molar-refractivity contribution in [1.82, 2.24) is 19.9 Å². The first-order valence-corrected chi connectivity index (χ1v) is 46.1. The smallest absolute Gasteiger partial charge is 0.154 e. The molecule has 18 heteroatoms. The fourth-order valence-corrected chi connectivity index (χ4v) is 14.3. The summed E-state index contributed by atoms with van der Waals surface area (Å²) >= 11 is 2.90. The number of hydrogen-bond donors (Lipinski definition) is 1. The molecule has 0 aliphatic carbocycles. The second-order valence-electron chi connectivity index (χ2n) is 27.8. The molecule has 0 fully saturated rings. The van der Waals surface area contributed by atoms with Gasteiger partial charge in [-0.1, -0.05) is 251 Å². The molecule has 4 heterocycles. The molecule has 0 saturated carbocycles. The van der Waals surface area contributed by atoms with E-state index in [0.717, 1.165) is 90.1 Å². The van der Waals surface area contributed by atoms with E-state index in [1.165, 1.54) is 30.9 Å². The van der Waals surface area contributed by atoms with Crippen LogP contribution in [0.15, 0.2) is 449 Å². The van der Waals surface area contributed by atoms with Gasteiger partial charge >= 0.3 is 132 Å². The minimum absolute atomic E-state index is 0. The van der Waals surface area contributed by atoms with Crippen LogP contribution in [0.4, 0.5) is 13.2 Å². The Morgan fingerprint density at radius 2 is 0.407 bits per heavy atom. The summed E-state index contributed by atoms with van der Waals surface area (Å²) in [6.45, 7) is 16.0. The first-order chi connectivity index (χ1) is 63.9. The number of benzene rings is 14. The molecule has 0 saturated heterocycles. The van der Waals surface area contributed by atoms with Crippen molar-refractivity contribution in [2.24, 2.45) is 0 Å². The van der Waals surface area contributed by atoms with Gasteiger partial charge in [0.2, 0.25) is 0 Å². The summed E-state index contributed by atoms with van der Waals surface area (Å²) in [5, 5.41) is 4.31. The van der Waals surface area contributed by atoms with Gasteiger partial charge in [-0.3, -0.25) is 4.55 Å². The Labute approximate surface area is 851 Å². The molecule has 7 nitrogen and oxygen atoms in total. The van der Waals surface area contributed by atoms with Crippen LogP contribution in [0.1, 0.15) is 55.4 Å². The quantitative estimate of drug-likeness (QED) is 0.0403. The van der Waals surface area contributed by atoms with Crippen molar-refractivity contribution in [3.05, 3.63) is 523 Å². The van der Waals surface area contributed by atoms with Gasteiger partial charge in [0.15, 0.2) is 16.1 Å². The summed E-state index contributed by atoms with van der Waals surface area (Å²) in [5.74, 6) is 0. The average Bonchev–Trinajstić information content (AvgIpc) is 0.817. The van der Waals surface area contributed by atoms with Crippen molar-refractivity contribution in [3.63, 3.8) is 0 Å². The van der Waals surface area contributed by atoms with Crippen LogP contribution >= 0.6 is 0 Å².